The summed E-state index contributed by atoms with van der Waals surface area (Å²) in [4.78, 5) is 0. The summed E-state index contributed by atoms with van der Waals surface area (Å²) >= 11 is 6.09. The van der Waals surface area contributed by atoms with E-state index in [2.05, 4.69) is 5.32 Å². The van der Waals surface area contributed by atoms with E-state index in [9.17, 15) is 0 Å². The summed E-state index contributed by atoms with van der Waals surface area (Å²) in [6.45, 7) is 2.00. The first-order chi connectivity index (χ1) is 9.55. The summed E-state index contributed by atoms with van der Waals surface area (Å²) in [5.74, 6) is 1.22. The van der Waals surface area contributed by atoms with Crippen LogP contribution in [0.2, 0.25) is 5.02 Å². The van der Waals surface area contributed by atoms with Crippen LogP contribution in [0.25, 0.3) is 0 Å². The molecule has 0 aromatic heterocycles. The van der Waals surface area contributed by atoms with Crippen molar-refractivity contribution in [3.8, 4) is 11.5 Å². The zero-order valence-electron chi connectivity index (χ0n) is 11.7. The Morgan fingerprint density at radius 2 is 1.70 bits per heavy atom. The topological polar surface area (TPSA) is 56.5 Å². The van der Waals surface area contributed by atoms with Crippen LogP contribution in [0, 0.1) is 6.92 Å². The van der Waals surface area contributed by atoms with Crippen LogP contribution in [-0.4, -0.2) is 14.2 Å². The van der Waals surface area contributed by atoms with Gasteiger partial charge in [0.15, 0.2) is 0 Å². The molecule has 106 valence electrons. The molecule has 3 N–H and O–H groups in total. The lowest BCUT2D eigenvalue weighted by molar-refractivity contribution is 0.405. The lowest BCUT2D eigenvalue weighted by Gasteiger charge is -2.15. The van der Waals surface area contributed by atoms with Gasteiger partial charge in [0.2, 0.25) is 0 Å². The van der Waals surface area contributed by atoms with Crippen molar-refractivity contribution >= 4 is 28.7 Å². The lowest BCUT2D eigenvalue weighted by atomic mass is 10.1. The van der Waals surface area contributed by atoms with Crippen molar-refractivity contribution in [2.75, 3.05) is 25.3 Å². The molecule has 0 bridgehead atoms. The highest BCUT2D eigenvalue weighted by Gasteiger charge is 2.11. The summed E-state index contributed by atoms with van der Waals surface area (Å²) in [6.07, 6.45) is 0. The van der Waals surface area contributed by atoms with Crippen LogP contribution in [-0.2, 0) is 0 Å². The van der Waals surface area contributed by atoms with Crippen molar-refractivity contribution in [2.45, 2.75) is 6.92 Å². The van der Waals surface area contributed by atoms with Gasteiger partial charge in [0.25, 0.3) is 0 Å². The maximum atomic E-state index is 6.09. The monoisotopic (exact) mass is 292 g/mol. The van der Waals surface area contributed by atoms with Crippen LogP contribution in [0.4, 0.5) is 17.1 Å². The molecule has 0 aliphatic heterocycles. The molecule has 0 amide bonds. The third-order valence-electron chi connectivity index (χ3n) is 3.00. The Balaban J connectivity index is 2.44. The predicted octanol–water partition coefficient (Wildman–Crippen LogP) is 3.99. The molecule has 0 saturated heterocycles. The van der Waals surface area contributed by atoms with Crippen LogP contribution in [0.5, 0.6) is 11.5 Å². The summed E-state index contributed by atoms with van der Waals surface area (Å²) in [7, 11) is 3.17. The van der Waals surface area contributed by atoms with E-state index < -0.39 is 0 Å². The van der Waals surface area contributed by atoms with Crippen LogP contribution in [0.1, 0.15) is 5.56 Å². The van der Waals surface area contributed by atoms with Crippen molar-refractivity contribution in [1.82, 2.24) is 0 Å². The zero-order valence-corrected chi connectivity index (χ0v) is 12.4. The predicted molar refractivity (Wildman–Crippen MR) is 83.4 cm³/mol. The molecule has 0 spiro atoms. The number of aryl methyl sites for hydroxylation is 1. The SMILES string of the molecule is COc1cc(Nc2cc(N)ccc2C)c(OC)cc1Cl. The Bertz CT molecular complexity index is 630. The molecule has 0 unspecified atom stereocenters. The Kier molecular flexibility index (Phi) is 4.25. The molecular weight excluding hydrogens is 276 g/mol. The van der Waals surface area contributed by atoms with Gasteiger partial charge in [0, 0.05) is 23.5 Å². The first-order valence-corrected chi connectivity index (χ1v) is 6.47. The van der Waals surface area contributed by atoms with E-state index in [-0.39, 0.29) is 0 Å². The maximum absolute atomic E-state index is 6.09. The molecule has 2 aromatic rings. The minimum atomic E-state index is 0.499. The zero-order chi connectivity index (χ0) is 14.7. The van der Waals surface area contributed by atoms with Gasteiger partial charge in [-0.3, -0.25) is 0 Å². The first-order valence-electron chi connectivity index (χ1n) is 6.10. The highest BCUT2D eigenvalue weighted by Crippen LogP contribution is 2.38. The Hall–Kier alpha value is -2.07. The third-order valence-corrected chi connectivity index (χ3v) is 3.30. The number of benzene rings is 2. The summed E-state index contributed by atoms with van der Waals surface area (Å²) in [5.41, 5.74) is 9.26. The van der Waals surface area contributed by atoms with Gasteiger partial charge in [0.1, 0.15) is 11.5 Å². The lowest BCUT2D eigenvalue weighted by Crippen LogP contribution is -1.99. The van der Waals surface area contributed by atoms with Gasteiger partial charge in [-0.1, -0.05) is 17.7 Å². The maximum Gasteiger partial charge on any atom is 0.144 e. The molecule has 2 aromatic carbocycles. The van der Waals surface area contributed by atoms with Crippen molar-refractivity contribution in [3.05, 3.63) is 40.9 Å². The van der Waals surface area contributed by atoms with Gasteiger partial charge < -0.3 is 20.5 Å². The molecule has 0 saturated carbocycles. The highest BCUT2D eigenvalue weighted by atomic mass is 35.5. The van der Waals surface area contributed by atoms with Crippen LogP contribution in [0.15, 0.2) is 30.3 Å². The van der Waals surface area contributed by atoms with Crippen LogP contribution < -0.4 is 20.5 Å². The highest BCUT2D eigenvalue weighted by molar-refractivity contribution is 6.32. The number of anilines is 3. The normalized spacial score (nSPS) is 10.2. The molecule has 0 atom stereocenters. The minimum Gasteiger partial charge on any atom is -0.495 e. The number of methoxy groups -OCH3 is 2. The number of hydrogen-bond acceptors (Lipinski definition) is 4. The fraction of sp³-hybridized carbons (Fsp3) is 0.200. The molecule has 4 nitrogen and oxygen atoms in total. The van der Waals surface area contributed by atoms with Crippen LogP contribution >= 0.6 is 11.6 Å². The van der Waals surface area contributed by atoms with E-state index in [0.717, 1.165) is 16.9 Å². The Labute approximate surface area is 123 Å². The van der Waals surface area contributed by atoms with Gasteiger partial charge in [-0.15, -0.1) is 0 Å². The second-order valence-corrected chi connectivity index (χ2v) is 4.79. The summed E-state index contributed by atoms with van der Waals surface area (Å²) in [5, 5.41) is 3.79. The molecule has 0 aliphatic carbocycles. The van der Waals surface area contributed by atoms with E-state index in [0.29, 0.717) is 22.2 Å². The van der Waals surface area contributed by atoms with E-state index in [1.807, 2.05) is 25.1 Å². The quantitative estimate of drug-likeness (QED) is 0.837. The van der Waals surface area contributed by atoms with Gasteiger partial charge in [-0.05, 0) is 24.6 Å². The summed E-state index contributed by atoms with van der Waals surface area (Å²) < 4.78 is 10.6. The van der Waals surface area contributed by atoms with Crippen molar-refractivity contribution < 1.29 is 9.47 Å². The van der Waals surface area contributed by atoms with E-state index in [4.69, 9.17) is 26.8 Å². The minimum absolute atomic E-state index is 0.499. The number of nitrogens with one attached hydrogen (secondary N) is 1. The van der Waals surface area contributed by atoms with E-state index in [1.54, 1.807) is 26.4 Å². The number of halogens is 1. The standard InChI is InChI=1S/C15H17ClN2O2/c1-9-4-5-10(17)6-12(9)18-13-8-14(19-2)11(16)7-15(13)20-3/h4-8,18H,17H2,1-3H3. The molecule has 0 fully saturated rings. The van der Waals surface area contributed by atoms with E-state index >= 15 is 0 Å². The average molecular weight is 293 g/mol. The van der Waals surface area contributed by atoms with Gasteiger partial charge in [-0.25, -0.2) is 0 Å². The molecule has 5 heteroatoms. The smallest absolute Gasteiger partial charge is 0.144 e. The summed E-state index contributed by atoms with van der Waals surface area (Å²) in [6, 6.07) is 9.20. The molecule has 2 rings (SSSR count). The Morgan fingerprint density at radius 3 is 2.35 bits per heavy atom. The molecule has 0 radical (unpaired) electrons. The number of ether oxygens (including phenoxy) is 2. The Morgan fingerprint density at radius 1 is 1.00 bits per heavy atom. The van der Waals surface area contributed by atoms with Crippen molar-refractivity contribution in [2.24, 2.45) is 0 Å². The van der Waals surface area contributed by atoms with Crippen LogP contribution in [0.3, 0.4) is 0 Å². The largest absolute Gasteiger partial charge is 0.495 e. The number of hydrogen-bond donors (Lipinski definition) is 2. The molecule has 20 heavy (non-hydrogen) atoms. The van der Waals surface area contributed by atoms with Gasteiger partial charge >= 0.3 is 0 Å². The van der Waals surface area contributed by atoms with Gasteiger partial charge in [0.05, 0.1) is 24.9 Å². The fourth-order valence-electron chi connectivity index (χ4n) is 1.88. The van der Waals surface area contributed by atoms with Gasteiger partial charge in [-0.2, -0.15) is 0 Å². The average Bonchev–Trinajstić information content (AvgIpc) is 2.44. The molecular formula is C15H17ClN2O2. The number of nitrogens with two attached hydrogens (primary N) is 1. The van der Waals surface area contributed by atoms with E-state index in [1.165, 1.54) is 0 Å². The molecule has 0 aliphatic rings. The first kappa shape index (κ1) is 14.3. The number of rotatable bonds is 4. The number of nitrogen functional groups attached to an aromatic ring is 1. The van der Waals surface area contributed by atoms with Crippen molar-refractivity contribution in [3.63, 3.8) is 0 Å². The van der Waals surface area contributed by atoms with Crippen molar-refractivity contribution in [1.29, 1.82) is 0 Å². The second kappa shape index (κ2) is 5.92. The fourth-order valence-corrected chi connectivity index (χ4v) is 2.11. The third kappa shape index (κ3) is 2.91. The molecule has 0 heterocycles. The second-order valence-electron chi connectivity index (χ2n) is 4.39.